The number of carbonyl (C=O) groups is 1. The summed E-state index contributed by atoms with van der Waals surface area (Å²) in [6, 6.07) is 20.1. The van der Waals surface area contributed by atoms with Crippen LogP contribution in [0.25, 0.3) is 21.0 Å². The highest BCUT2D eigenvalue weighted by molar-refractivity contribution is 7.22. The lowest BCUT2D eigenvalue weighted by molar-refractivity contribution is 0.0988. The minimum atomic E-state index is -0.0147. The number of anilines is 1. The van der Waals surface area contributed by atoms with Crippen LogP contribution in [0.5, 0.6) is 0 Å². The first-order chi connectivity index (χ1) is 15.2. The van der Waals surface area contributed by atoms with Gasteiger partial charge in [0.05, 0.1) is 16.5 Å². The zero-order chi connectivity index (χ0) is 21.2. The van der Waals surface area contributed by atoms with E-state index in [1.165, 1.54) is 0 Å². The van der Waals surface area contributed by atoms with E-state index in [9.17, 15) is 4.79 Å². The molecule has 31 heavy (non-hydrogen) atoms. The Bertz CT molecular complexity index is 1350. The van der Waals surface area contributed by atoms with Gasteiger partial charge < -0.3 is 4.57 Å². The van der Waals surface area contributed by atoms with Crippen molar-refractivity contribution in [2.75, 3.05) is 11.4 Å². The molecule has 5 aromatic rings. The molecule has 0 saturated carbocycles. The summed E-state index contributed by atoms with van der Waals surface area (Å²) in [6.07, 6.45) is 6.33. The number of carbonyl (C=O) groups excluding carboxylic acids is 1. The highest BCUT2D eigenvalue weighted by Gasteiger charge is 2.23. The van der Waals surface area contributed by atoms with Crippen LogP contribution in [0.3, 0.4) is 0 Å². The first-order valence-electron chi connectivity index (χ1n) is 10.3. The van der Waals surface area contributed by atoms with E-state index in [2.05, 4.69) is 24.0 Å². The number of fused-ring (bicyclic) bond motifs is 2. The van der Waals surface area contributed by atoms with Gasteiger partial charge in [-0.1, -0.05) is 59.9 Å². The zero-order valence-electron chi connectivity index (χ0n) is 17.2. The SMILES string of the molecule is Cc1cccc2sc(N(CCCn3ccnc3)C(=O)c3cccc4ccccc34)nc12. The fraction of sp³-hybridized carbons (Fsp3) is 0.160. The molecule has 0 atom stereocenters. The van der Waals surface area contributed by atoms with E-state index in [0.29, 0.717) is 12.1 Å². The summed E-state index contributed by atoms with van der Waals surface area (Å²) in [4.78, 5) is 24.6. The summed E-state index contributed by atoms with van der Waals surface area (Å²) in [7, 11) is 0. The Kier molecular flexibility index (Phi) is 5.22. The van der Waals surface area contributed by atoms with Gasteiger partial charge in [0.1, 0.15) is 0 Å². The molecule has 2 heterocycles. The zero-order valence-corrected chi connectivity index (χ0v) is 18.0. The maximum atomic E-state index is 13.8. The van der Waals surface area contributed by atoms with Crippen LogP contribution in [0.2, 0.25) is 0 Å². The Morgan fingerprint density at radius 2 is 1.90 bits per heavy atom. The summed E-state index contributed by atoms with van der Waals surface area (Å²) >= 11 is 1.57. The average molecular weight is 427 g/mol. The van der Waals surface area contributed by atoms with E-state index < -0.39 is 0 Å². The number of thiazole rings is 1. The van der Waals surface area contributed by atoms with Gasteiger partial charge in [-0.2, -0.15) is 0 Å². The lowest BCUT2D eigenvalue weighted by atomic mass is 10.0. The number of rotatable bonds is 6. The minimum Gasteiger partial charge on any atom is -0.337 e. The molecular weight excluding hydrogens is 404 g/mol. The Balaban J connectivity index is 1.53. The van der Waals surface area contributed by atoms with Gasteiger partial charge in [0.15, 0.2) is 5.13 Å². The van der Waals surface area contributed by atoms with E-state index in [-0.39, 0.29) is 5.91 Å². The van der Waals surface area contributed by atoms with Crippen molar-refractivity contribution in [3.63, 3.8) is 0 Å². The molecule has 0 aliphatic heterocycles. The van der Waals surface area contributed by atoms with E-state index in [4.69, 9.17) is 4.98 Å². The van der Waals surface area contributed by atoms with E-state index in [1.54, 1.807) is 23.9 Å². The third-order valence-corrected chi connectivity index (χ3v) is 6.51. The molecule has 0 aliphatic carbocycles. The van der Waals surface area contributed by atoms with Gasteiger partial charge in [-0.15, -0.1) is 0 Å². The fourth-order valence-electron chi connectivity index (χ4n) is 3.86. The van der Waals surface area contributed by atoms with Crippen molar-refractivity contribution in [1.29, 1.82) is 0 Å². The summed E-state index contributed by atoms with van der Waals surface area (Å²) < 4.78 is 3.13. The minimum absolute atomic E-state index is 0.0147. The largest absolute Gasteiger partial charge is 0.337 e. The molecule has 0 saturated heterocycles. The molecule has 6 heteroatoms. The van der Waals surface area contributed by atoms with Crippen molar-refractivity contribution in [3.8, 4) is 0 Å². The van der Waals surface area contributed by atoms with Crippen LogP contribution >= 0.6 is 11.3 Å². The number of aryl methyl sites for hydroxylation is 2. The van der Waals surface area contributed by atoms with Crippen LogP contribution in [0, 0.1) is 6.92 Å². The van der Waals surface area contributed by atoms with Crippen molar-refractivity contribution in [2.45, 2.75) is 19.9 Å². The standard InChI is InChI=1S/C25H22N4OS/c1-18-7-4-12-22-23(18)27-25(31-22)29(15-6-14-28-16-13-26-17-28)24(30)21-11-5-9-19-8-2-3-10-20(19)21/h2-5,7-13,16-17H,6,14-15H2,1H3. The van der Waals surface area contributed by atoms with Crippen molar-refractivity contribution >= 4 is 43.4 Å². The van der Waals surface area contributed by atoms with Crippen molar-refractivity contribution in [3.05, 3.63) is 90.5 Å². The Labute approximate surface area is 184 Å². The molecule has 5 rings (SSSR count). The van der Waals surface area contributed by atoms with Gasteiger partial charge >= 0.3 is 0 Å². The second-order valence-corrected chi connectivity index (χ2v) is 8.56. The Morgan fingerprint density at radius 3 is 2.74 bits per heavy atom. The lowest BCUT2D eigenvalue weighted by Crippen LogP contribution is -2.32. The summed E-state index contributed by atoms with van der Waals surface area (Å²) in [5.74, 6) is -0.0147. The molecule has 0 radical (unpaired) electrons. The van der Waals surface area contributed by atoms with Crippen molar-refractivity contribution in [2.24, 2.45) is 0 Å². The van der Waals surface area contributed by atoms with E-state index in [0.717, 1.165) is 44.6 Å². The van der Waals surface area contributed by atoms with Crippen LogP contribution < -0.4 is 4.90 Å². The quantitative estimate of drug-likeness (QED) is 0.350. The predicted octanol–water partition coefficient (Wildman–Crippen LogP) is 5.69. The fourth-order valence-corrected chi connectivity index (χ4v) is 4.93. The molecule has 2 aromatic heterocycles. The summed E-state index contributed by atoms with van der Waals surface area (Å²) in [5.41, 5.74) is 2.79. The van der Waals surface area contributed by atoms with Gasteiger partial charge in [0.25, 0.3) is 5.91 Å². The molecule has 0 spiro atoms. The van der Waals surface area contributed by atoms with Crippen molar-refractivity contribution in [1.82, 2.24) is 14.5 Å². The number of benzene rings is 3. The molecule has 0 unspecified atom stereocenters. The van der Waals surface area contributed by atoms with Gasteiger partial charge in [-0.25, -0.2) is 9.97 Å². The van der Waals surface area contributed by atoms with Crippen LogP contribution in [-0.4, -0.2) is 27.0 Å². The van der Waals surface area contributed by atoms with Crippen LogP contribution in [0.4, 0.5) is 5.13 Å². The topological polar surface area (TPSA) is 51.0 Å². The molecule has 0 fully saturated rings. The van der Waals surface area contributed by atoms with Crippen LogP contribution in [-0.2, 0) is 6.54 Å². The molecule has 1 amide bonds. The van der Waals surface area contributed by atoms with Gasteiger partial charge in [0, 0.05) is 31.0 Å². The van der Waals surface area contributed by atoms with Gasteiger partial charge in [0.2, 0.25) is 0 Å². The normalized spacial score (nSPS) is 11.3. The van der Waals surface area contributed by atoms with Crippen LogP contribution in [0.15, 0.2) is 79.4 Å². The van der Waals surface area contributed by atoms with Crippen molar-refractivity contribution < 1.29 is 4.79 Å². The molecular formula is C25H22N4OS. The van der Waals surface area contributed by atoms with E-state index >= 15 is 0 Å². The molecule has 0 N–H and O–H groups in total. The number of nitrogens with zero attached hydrogens (tertiary/aromatic N) is 4. The number of para-hydroxylation sites is 1. The Morgan fingerprint density at radius 1 is 1.06 bits per heavy atom. The number of imidazole rings is 1. The third-order valence-electron chi connectivity index (χ3n) is 5.46. The predicted molar refractivity (Wildman–Crippen MR) is 127 cm³/mol. The molecule has 5 nitrogen and oxygen atoms in total. The first-order valence-corrected chi connectivity index (χ1v) is 11.1. The highest BCUT2D eigenvalue weighted by atomic mass is 32.1. The molecule has 154 valence electrons. The van der Waals surface area contributed by atoms with Crippen LogP contribution in [0.1, 0.15) is 22.3 Å². The summed E-state index contributed by atoms with van der Waals surface area (Å²) in [5, 5.41) is 2.77. The number of amides is 1. The third kappa shape index (κ3) is 3.82. The summed E-state index contributed by atoms with van der Waals surface area (Å²) in [6.45, 7) is 3.43. The highest BCUT2D eigenvalue weighted by Crippen LogP contribution is 2.32. The maximum absolute atomic E-state index is 13.8. The molecule has 0 aliphatic rings. The number of aromatic nitrogens is 3. The monoisotopic (exact) mass is 426 g/mol. The van der Waals surface area contributed by atoms with Gasteiger partial charge in [-0.3, -0.25) is 9.69 Å². The molecule has 0 bridgehead atoms. The van der Waals surface area contributed by atoms with E-state index in [1.807, 2.05) is 64.2 Å². The second kappa shape index (κ2) is 8.32. The smallest absolute Gasteiger partial charge is 0.260 e. The Hall–Kier alpha value is -3.51. The lowest BCUT2D eigenvalue weighted by Gasteiger charge is -2.21. The van der Waals surface area contributed by atoms with Gasteiger partial charge in [-0.05, 0) is 41.8 Å². The average Bonchev–Trinajstić information content (AvgIpc) is 3.46. The molecule has 3 aromatic carbocycles. The maximum Gasteiger partial charge on any atom is 0.260 e. The number of hydrogen-bond acceptors (Lipinski definition) is 4. The number of hydrogen-bond donors (Lipinski definition) is 0. The second-order valence-electron chi connectivity index (χ2n) is 7.56. The first kappa shape index (κ1) is 19.5.